The Morgan fingerprint density at radius 1 is 1.13 bits per heavy atom. The van der Waals surface area contributed by atoms with E-state index in [0.29, 0.717) is 11.3 Å². The lowest BCUT2D eigenvalue weighted by Crippen LogP contribution is -2.42. The van der Waals surface area contributed by atoms with Gasteiger partial charge >= 0.3 is 0 Å². The van der Waals surface area contributed by atoms with Crippen molar-refractivity contribution in [1.82, 2.24) is 9.97 Å². The van der Waals surface area contributed by atoms with E-state index in [9.17, 15) is 19.5 Å². The molecule has 0 fully saturated rings. The number of anilines is 2. The molecule has 0 unspecified atom stereocenters. The molecule has 0 saturated heterocycles. The number of Topliss-reactive ketones (excluding diaryl/α,β-unsaturated/α-hetero) is 1. The Morgan fingerprint density at radius 2 is 1.83 bits per heavy atom. The molecule has 0 aliphatic carbocycles. The van der Waals surface area contributed by atoms with E-state index < -0.39 is 29.1 Å². The lowest BCUT2D eigenvalue weighted by Gasteiger charge is -2.31. The van der Waals surface area contributed by atoms with Crippen molar-refractivity contribution in [2.45, 2.75) is 5.92 Å². The van der Waals surface area contributed by atoms with Gasteiger partial charge in [0.05, 0.1) is 18.2 Å². The molecular weight excluding hydrogens is 388 g/mol. The minimum Gasteiger partial charge on any atom is -0.507 e. The van der Waals surface area contributed by atoms with Crippen LogP contribution in [0.3, 0.4) is 0 Å². The number of para-hydroxylation sites is 1. The van der Waals surface area contributed by atoms with Crippen molar-refractivity contribution in [2.75, 3.05) is 18.2 Å². The number of nitrogen functional groups attached to an aromatic ring is 1. The van der Waals surface area contributed by atoms with Crippen molar-refractivity contribution in [1.29, 1.82) is 0 Å². The first-order valence-electron chi connectivity index (χ1n) is 9.07. The molecule has 2 aromatic carbocycles. The number of carbonyl (C=O) groups excluding carboxylic acids is 2. The van der Waals surface area contributed by atoms with E-state index in [1.54, 1.807) is 36.4 Å². The Labute approximate surface area is 170 Å². The number of fused-ring (bicyclic) bond motifs is 1. The van der Waals surface area contributed by atoms with Crippen molar-refractivity contribution < 1.29 is 19.4 Å². The molecule has 1 aromatic heterocycles. The second-order valence-corrected chi connectivity index (χ2v) is 6.81. The van der Waals surface area contributed by atoms with Crippen molar-refractivity contribution in [2.24, 2.45) is 5.92 Å². The summed E-state index contributed by atoms with van der Waals surface area (Å²) in [6, 6.07) is 12.6. The van der Waals surface area contributed by atoms with E-state index in [2.05, 4.69) is 15.3 Å². The number of nitrogens with zero attached hydrogens (tertiary/aromatic N) is 1. The fourth-order valence-corrected chi connectivity index (χ4v) is 3.69. The van der Waals surface area contributed by atoms with Gasteiger partial charge in [-0.2, -0.15) is 4.98 Å². The van der Waals surface area contributed by atoms with Crippen LogP contribution >= 0.6 is 0 Å². The maximum absolute atomic E-state index is 13.3. The number of aromatic amines is 1. The van der Waals surface area contributed by atoms with Crippen LogP contribution in [0.25, 0.3) is 0 Å². The first-order valence-corrected chi connectivity index (χ1v) is 9.07. The third kappa shape index (κ3) is 3.16. The van der Waals surface area contributed by atoms with Gasteiger partial charge in [-0.3, -0.25) is 19.4 Å². The third-order valence-electron chi connectivity index (χ3n) is 5.07. The average Bonchev–Trinajstić information content (AvgIpc) is 2.72. The van der Waals surface area contributed by atoms with Crippen LogP contribution in [-0.2, 0) is 4.79 Å². The summed E-state index contributed by atoms with van der Waals surface area (Å²) in [6.45, 7) is 0. The normalized spacial score (nSPS) is 17.7. The average molecular weight is 406 g/mol. The van der Waals surface area contributed by atoms with Crippen LogP contribution in [-0.4, -0.2) is 33.9 Å². The fraction of sp³-hybridized carbons (Fsp3) is 0.143. The number of carbonyl (C=O) groups is 2. The van der Waals surface area contributed by atoms with E-state index in [4.69, 9.17) is 10.5 Å². The van der Waals surface area contributed by atoms with Crippen LogP contribution in [0.4, 0.5) is 11.8 Å². The Balaban J connectivity index is 1.93. The number of phenolic OH excluding ortho intramolecular Hbond substituents is 1. The largest absolute Gasteiger partial charge is 0.507 e. The number of phenols is 1. The van der Waals surface area contributed by atoms with E-state index in [-0.39, 0.29) is 28.6 Å². The first-order chi connectivity index (χ1) is 14.4. The smallest absolute Gasteiger partial charge is 0.258 e. The number of hydrogen-bond donors (Lipinski definition) is 4. The van der Waals surface area contributed by atoms with Crippen molar-refractivity contribution in [3.8, 4) is 11.5 Å². The Bertz CT molecular complexity index is 1200. The number of benzene rings is 2. The molecule has 1 aliphatic rings. The summed E-state index contributed by atoms with van der Waals surface area (Å²) >= 11 is 0. The maximum atomic E-state index is 13.3. The van der Waals surface area contributed by atoms with Crippen molar-refractivity contribution >= 4 is 23.5 Å². The number of nitrogens with two attached hydrogens (primary N) is 1. The van der Waals surface area contributed by atoms with Crippen LogP contribution in [0.15, 0.2) is 53.3 Å². The lowest BCUT2D eigenvalue weighted by molar-refractivity contribution is -0.119. The molecule has 9 nitrogen and oxygen atoms in total. The summed E-state index contributed by atoms with van der Waals surface area (Å²) in [4.78, 5) is 45.5. The molecule has 4 rings (SSSR count). The number of amides is 1. The van der Waals surface area contributed by atoms with Gasteiger partial charge < -0.3 is 20.9 Å². The number of ether oxygens (including phenoxy) is 1. The minimum absolute atomic E-state index is 0.00315. The molecule has 0 radical (unpaired) electrons. The van der Waals surface area contributed by atoms with Crippen LogP contribution in [0.1, 0.15) is 27.4 Å². The number of H-pyrrole nitrogens is 1. The molecular formula is C21H18N4O5. The Morgan fingerprint density at radius 3 is 2.50 bits per heavy atom. The highest BCUT2D eigenvalue weighted by Gasteiger charge is 2.44. The highest BCUT2D eigenvalue weighted by molar-refractivity contribution is 6.16. The summed E-state index contributed by atoms with van der Waals surface area (Å²) in [5.74, 6) is -3.33. The van der Waals surface area contributed by atoms with Gasteiger partial charge in [0.15, 0.2) is 5.78 Å². The summed E-state index contributed by atoms with van der Waals surface area (Å²) in [5.41, 5.74) is 5.70. The zero-order valence-electron chi connectivity index (χ0n) is 15.9. The maximum Gasteiger partial charge on any atom is 0.258 e. The second kappa shape index (κ2) is 7.36. The van der Waals surface area contributed by atoms with Gasteiger partial charge in [-0.1, -0.05) is 24.3 Å². The number of hydrogen-bond acceptors (Lipinski definition) is 7. The quantitative estimate of drug-likeness (QED) is 0.380. The predicted octanol–water partition coefficient (Wildman–Crippen LogP) is 1.65. The number of methoxy groups -OCH3 is 1. The molecule has 0 saturated carbocycles. The molecule has 1 amide bonds. The number of aromatic nitrogens is 2. The number of nitrogens with one attached hydrogen (secondary N) is 2. The van der Waals surface area contributed by atoms with Crippen LogP contribution < -0.4 is 21.3 Å². The Hall–Kier alpha value is -4.14. The van der Waals surface area contributed by atoms with Gasteiger partial charge in [0, 0.05) is 5.92 Å². The zero-order valence-corrected chi connectivity index (χ0v) is 15.9. The lowest BCUT2D eigenvalue weighted by atomic mass is 9.75. The summed E-state index contributed by atoms with van der Waals surface area (Å²) in [6.07, 6.45) is 0. The van der Waals surface area contributed by atoms with Crippen molar-refractivity contribution in [3.63, 3.8) is 0 Å². The van der Waals surface area contributed by atoms with Gasteiger partial charge in [-0.25, -0.2) is 0 Å². The topological polar surface area (TPSA) is 147 Å². The molecule has 0 spiro atoms. The molecule has 30 heavy (non-hydrogen) atoms. The summed E-state index contributed by atoms with van der Waals surface area (Å²) in [5, 5.41) is 12.7. The van der Waals surface area contributed by atoms with Crippen molar-refractivity contribution in [3.05, 3.63) is 75.6 Å². The van der Waals surface area contributed by atoms with E-state index in [1.807, 2.05) is 0 Å². The van der Waals surface area contributed by atoms with Crippen LogP contribution in [0, 0.1) is 5.92 Å². The van der Waals surface area contributed by atoms with E-state index in [0.717, 1.165) is 0 Å². The van der Waals surface area contributed by atoms with Crippen LogP contribution in [0.2, 0.25) is 0 Å². The van der Waals surface area contributed by atoms with Gasteiger partial charge in [-0.15, -0.1) is 0 Å². The van der Waals surface area contributed by atoms with Gasteiger partial charge in [0.1, 0.15) is 23.2 Å². The summed E-state index contributed by atoms with van der Waals surface area (Å²) < 4.78 is 5.17. The highest BCUT2D eigenvalue weighted by atomic mass is 16.5. The second-order valence-electron chi connectivity index (χ2n) is 6.81. The molecule has 152 valence electrons. The number of aromatic hydroxyl groups is 1. The monoisotopic (exact) mass is 406 g/mol. The predicted molar refractivity (Wildman–Crippen MR) is 109 cm³/mol. The fourth-order valence-electron chi connectivity index (χ4n) is 3.69. The Kier molecular flexibility index (Phi) is 4.71. The molecule has 2 heterocycles. The minimum atomic E-state index is -1.30. The first kappa shape index (κ1) is 19.2. The molecule has 1 aliphatic heterocycles. The van der Waals surface area contributed by atoms with E-state index >= 15 is 0 Å². The molecule has 2 atom stereocenters. The van der Waals surface area contributed by atoms with Gasteiger partial charge in [-0.05, 0) is 29.8 Å². The molecule has 9 heteroatoms. The zero-order chi connectivity index (χ0) is 21.4. The number of ketones is 1. The standard InChI is InChI=1S/C21H18N4O5/c1-30-11-8-6-10(7-9-11)14-15(17(27)12-4-2-3-5-13(12)26)19(28)23-18-16(14)20(29)25-21(22)24-18/h2-9,14-15,26H,1H3,(H4,22,23,24,25,28,29)/t14-,15-/m1/s1. The third-order valence-corrected chi connectivity index (χ3v) is 5.07. The van der Waals surface area contributed by atoms with Crippen LogP contribution in [0.5, 0.6) is 11.5 Å². The SMILES string of the molecule is COc1ccc([C@H]2c3c(nc(N)[nH]c3=O)NC(=O)[C@H]2C(=O)c2ccccc2O)cc1. The molecule has 3 aromatic rings. The highest BCUT2D eigenvalue weighted by Crippen LogP contribution is 2.40. The molecule has 5 N–H and O–H groups in total. The molecule has 0 bridgehead atoms. The van der Waals surface area contributed by atoms with Gasteiger partial charge in [0.25, 0.3) is 5.56 Å². The number of rotatable bonds is 4. The van der Waals surface area contributed by atoms with Gasteiger partial charge in [0.2, 0.25) is 11.9 Å². The summed E-state index contributed by atoms with van der Waals surface area (Å²) in [7, 11) is 1.51. The van der Waals surface area contributed by atoms with E-state index in [1.165, 1.54) is 19.2 Å².